The molecule has 1 heterocycles. The summed E-state index contributed by atoms with van der Waals surface area (Å²) in [6.45, 7) is 1.75. The van der Waals surface area contributed by atoms with Crippen LogP contribution in [0.3, 0.4) is 0 Å². The molecule has 1 aromatic heterocycles. The van der Waals surface area contributed by atoms with Crippen molar-refractivity contribution in [3.05, 3.63) is 51.7 Å². The van der Waals surface area contributed by atoms with E-state index in [1.54, 1.807) is 18.4 Å². The third kappa shape index (κ3) is 3.57. The molecule has 0 atom stereocenters. The maximum atomic E-state index is 8.95. The third-order valence-corrected chi connectivity index (χ3v) is 3.60. The Morgan fingerprint density at radius 3 is 2.68 bits per heavy atom. The lowest BCUT2D eigenvalue weighted by Crippen LogP contribution is -2.16. The lowest BCUT2D eigenvalue weighted by molar-refractivity contribution is 0.318. The Morgan fingerprint density at radius 2 is 2.05 bits per heavy atom. The van der Waals surface area contributed by atoms with Crippen molar-refractivity contribution < 1.29 is 4.74 Å². The minimum atomic E-state index is 0.576. The van der Waals surface area contributed by atoms with Gasteiger partial charge in [0.05, 0.1) is 12.7 Å². The van der Waals surface area contributed by atoms with Crippen LogP contribution in [0.25, 0.3) is 0 Å². The van der Waals surface area contributed by atoms with Gasteiger partial charge in [-0.3, -0.25) is 4.90 Å². The van der Waals surface area contributed by atoms with E-state index in [0.29, 0.717) is 11.3 Å². The molecule has 1 aromatic carbocycles. The van der Waals surface area contributed by atoms with Crippen molar-refractivity contribution in [1.29, 1.82) is 5.26 Å². The van der Waals surface area contributed by atoms with Gasteiger partial charge in [0.25, 0.3) is 0 Å². The van der Waals surface area contributed by atoms with Crippen molar-refractivity contribution in [2.45, 2.75) is 13.1 Å². The van der Waals surface area contributed by atoms with Crippen LogP contribution in [0.15, 0.2) is 35.0 Å². The third-order valence-electron chi connectivity index (χ3n) is 2.87. The molecule has 0 amide bonds. The molecular weight excluding hydrogens is 256 g/mol. The second kappa shape index (κ2) is 6.37. The number of nitrogens with zero attached hydrogens (tertiary/aromatic N) is 2. The predicted octanol–water partition coefficient (Wildman–Crippen LogP) is 3.26. The molecule has 19 heavy (non-hydrogen) atoms. The van der Waals surface area contributed by atoms with Gasteiger partial charge in [-0.25, -0.2) is 0 Å². The van der Waals surface area contributed by atoms with Crippen LogP contribution in [-0.2, 0) is 13.1 Å². The fourth-order valence-corrected chi connectivity index (χ4v) is 2.65. The van der Waals surface area contributed by atoms with Gasteiger partial charge in [0.15, 0.2) is 0 Å². The summed E-state index contributed by atoms with van der Waals surface area (Å²) in [5, 5.41) is 13.2. The van der Waals surface area contributed by atoms with E-state index in [1.165, 1.54) is 5.56 Å². The number of rotatable bonds is 5. The fourth-order valence-electron chi connectivity index (χ4n) is 1.99. The minimum Gasteiger partial charge on any atom is -0.495 e. The Balaban J connectivity index is 2.04. The predicted molar refractivity (Wildman–Crippen MR) is 77.2 cm³/mol. The van der Waals surface area contributed by atoms with E-state index in [0.717, 1.165) is 18.7 Å². The molecule has 0 aliphatic carbocycles. The average molecular weight is 272 g/mol. The molecule has 0 aliphatic rings. The van der Waals surface area contributed by atoms with E-state index in [4.69, 9.17) is 10.00 Å². The van der Waals surface area contributed by atoms with Crippen molar-refractivity contribution in [1.82, 2.24) is 4.90 Å². The molecule has 2 rings (SSSR count). The summed E-state index contributed by atoms with van der Waals surface area (Å²) in [6.07, 6.45) is 0. The molecular formula is C15H16N2OS. The van der Waals surface area contributed by atoms with Crippen LogP contribution in [0, 0.1) is 11.3 Å². The maximum Gasteiger partial charge on any atom is 0.136 e. The van der Waals surface area contributed by atoms with Crippen LogP contribution in [0.4, 0.5) is 0 Å². The second-order valence-electron chi connectivity index (χ2n) is 4.45. The Morgan fingerprint density at radius 1 is 1.26 bits per heavy atom. The van der Waals surface area contributed by atoms with E-state index in [-0.39, 0.29) is 0 Å². The van der Waals surface area contributed by atoms with Gasteiger partial charge in [-0.15, -0.1) is 0 Å². The largest absolute Gasteiger partial charge is 0.495 e. The van der Waals surface area contributed by atoms with E-state index in [1.807, 2.05) is 18.2 Å². The lowest BCUT2D eigenvalue weighted by atomic mass is 10.1. The van der Waals surface area contributed by atoms with Gasteiger partial charge in [0.1, 0.15) is 11.8 Å². The van der Waals surface area contributed by atoms with Gasteiger partial charge in [-0.2, -0.15) is 16.6 Å². The highest BCUT2D eigenvalue weighted by atomic mass is 32.1. The van der Waals surface area contributed by atoms with Crippen LogP contribution in [0.5, 0.6) is 5.75 Å². The number of hydrogen-bond donors (Lipinski definition) is 0. The van der Waals surface area contributed by atoms with Crippen molar-refractivity contribution in [2.24, 2.45) is 0 Å². The van der Waals surface area contributed by atoms with E-state index < -0.39 is 0 Å². The number of hydrogen-bond acceptors (Lipinski definition) is 4. The highest BCUT2D eigenvalue weighted by Crippen LogP contribution is 2.20. The van der Waals surface area contributed by atoms with Crippen LogP contribution in [-0.4, -0.2) is 19.1 Å². The number of benzene rings is 1. The topological polar surface area (TPSA) is 36.3 Å². The van der Waals surface area contributed by atoms with Crippen LogP contribution in [0.1, 0.15) is 16.7 Å². The minimum absolute atomic E-state index is 0.576. The monoisotopic (exact) mass is 272 g/mol. The Kier molecular flexibility index (Phi) is 4.56. The summed E-state index contributed by atoms with van der Waals surface area (Å²) < 4.78 is 5.22. The average Bonchev–Trinajstić information content (AvgIpc) is 2.91. The highest BCUT2D eigenvalue weighted by molar-refractivity contribution is 7.07. The smallest absolute Gasteiger partial charge is 0.136 e. The molecule has 0 radical (unpaired) electrons. The van der Waals surface area contributed by atoms with Crippen molar-refractivity contribution in [2.75, 3.05) is 14.2 Å². The van der Waals surface area contributed by atoms with Gasteiger partial charge in [-0.05, 0) is 47.1 Å². The van der Waals surface area contributed by atoms with Crippen molar-refractivity contribution in [3.63, 3.8) is 0 Å². The van der Waals surface area contributed by atoms with E-state index in [9.17, 15) is 0 Å². The van der Waals surface area contributed by atoms with E-state index >= 15 is 0 Å². The first-order valence-corrected chi connectivity index (χ1v) is 6.94. The summed E-state index contributed by atoms with van der Waals surface area (Å²) in [5.74, 6) is 0.643. The van der Waals surface area contributed by atoms with Crippen LogP contribution >= 0.6 is 11.3 Å². The van der Waals surface area contributed by atoms with E-state index in [2.05, 4.69) is 34.8 Å². The number of thiophene rings is 1. The van der Waals surface area contributed by atoms with Crippen molar-refractivity contribution >= 4 is 11.3 Å². The number of nitriles is 1. The zero-order valence-electron chi connectivity index (χ0n) is 11.1. The quantitative estimate of drug-likeness (QED) is 0.838. The second-order valence-corrected chi connectivity index (χ2v) is 5.23. The molecule has 3 nitrogen and oxygen atoms in total. The molecule has 0 unspecified atom stereocenters. The highest BCUT2D eigenvalue weighted by Gasteiger charge is 2.06. The molecule has 0 spiro atoms. The van der Waals surface area contributed by atoms with Gasteiger partial charge in [-0.1, -0.05) is 6.07 Å². The molecule has 0 N–H and O–H groups in total. The van der Waals surface area contributed by atoms with Gasteiger partial charge in [0.2, 0.25) is 0 Å². The van der Waals surface area contributed by atoms with Crippen LogP contribution in [0.2, 0.25) is 0 Å². The van der Waals surface area contributed by atoms with Gasteiger partial charge >= 0.3 is 0 Å². The van der Waals surface area contributed by atoms with Crippen LogP contribution < -0.4 is 4.74 Å². The Hall–Kier alpha value is -1.83. The molecule has 0 saturated carbocycles. The summed E-state index contributed by atoms with van der Waals surface area (Å²) in [4.78, 5) is 2.24. The molecule has 0 bridgehead atoms. The molecule has 2 aromatic rings. The summed E-state index contributed by atoms with van der Waals surface area (Å²) >= 11 is 1.72. The standard InChI is InChI=1S/C15H16N2OS/c1-17(10-13-5-6-19-11-13)9-12-3-4-14(8-16)15(7-12)18-2/h3-7,11H,9-10H2,1-2H3. The SMILES string of the molecule is COc1cc(CN(C)Cc2ccsc2)ccc1C#N. The lowest BCUT2D eigenvalue weighted by Gasteiger charge is -2.16. The normalized spacial score (nSPS) is 10.4. The summed E-state index contributed by atoms with van der Waals surface area (Å²) in [5.41, 5.74) is 3.05. The number of ether oxygens (including phenoxy) is 1. The molecule has 4 heteroatoms. The Bertz CT molecular complexity index is 572. The summed E-state index contributed by atoms with van der Waals surface area (Å²) in [7, 11) is 3.68. The molecule has 98 valence electrons. The van der Waals surface area contributed by atoms with Crippen molar-refractivity contribution in [3.8, 4) is 11.8 Å². The molecule has 0 saturated heterocycles. The van der Waals surface area contributed by atoms with Gasteiger partial charge < -0.3 is 4.74 Å². The zero-order chi connectivity index (χ0) is 13.7. The zero-order valence-corrected chi connectivity index (χ0v) is 11.9. The Labute approximate surface area is 117 Å². The number of methoxy groups -OCH3 is 1. The molecule has 0 aliphatic heterocycles. The summed E-state index contributed by atoms with van der Waals surface area (Å²) in [6, 6.07) is 9.99. The first-order valence-electron chi connectivity index (χ1n) is 5.99. The first kappa shape index (κ1) is 13.6. The first-order chi connectivity index (χ1) is 9.22. The van der Waals surface area contributed by atoms with Gasteiger partial charge in [0, 0.05) is 13.1 Å². The molecule has 0 fully saturated rings. The fraction of sp³-hybridized carbons (Fsp3) is 0.267. The maximum absolute atomic E-state index is 8.95.